The number of nitriles is 1. The molecule has 0 amide bonds. The third kappa shape index (κ3) is 10.1. The SMILES string of the molecule is CC(Cn1cnnn1)Oc1cc(-c2cnc(Nc3cn(C4CCC(N5CCOCC5)CC4)nc3OCCCOCC(F)(F)F)nc2)ccc1C#N. The van der Waals surface area contributed by atoms with Crippen molar-refractivity contribution in [2.45, 2.75) is 69.9 Å². The number of aromatic nitrogens is 8. The molecule has 1 aliphatic heterocycles. The lowest BCUT2D eigenvalue weighted by molar-refractivity contribution is -0.174. The Kier molecular flexibility index (Phi) is 11.9. The number of halogens is 3. The summed E-state index contributed by atoms with van der Waals surface area (Å²) < 4.78 is 63.0. The smallest absolute Gasteiger partial charge is 0.411 e. The van der Waals surface area contributed by atoms with E-state index in [9.17, 15) is 18.4 Å². The molecule has 1 aromatic carbocycles. The predicted molar refractivity (Wildman–Crippen MR) is 176 cm³/mol. The minimum absolute atomic E-state index is 0.0978. The summed E-state index contributed by atoms with van der Waals surface area (Å²) in [4.78, 5) is 11.5. The van der Waals surface area contributed by atoms with Gasteiger partial charge in [-0.1, -0.05) is 6.07 Å². The molecule has 51 heavy (non-hydrogen) atoms. The Balaban J connectivity index is 1.12. The zero-order chi connectivity index (χ0) is 35.6. The first kappa shape index (κ1) is 35.9. The second kappa shape index (κ2) is 16.9. The molecule has 0 spiro atoms. The second-order valence-electron chi connectivity index (χ2n) is 12.5. The monoisotopic (exact) mass is 711 g/mol. The molecule has 1 aliphatic carbocycles. The van der Waals surface area contributed by atoms with E-state index in [2.05, 4.69) is 41.8 Å². The largest absolute Gasteiger partial charge is 0.487 e. The number of benzene rings is 1. The summed E-state index contributed by atoms with van der Waals surface area (Å²) >= 11 is 0. The Morgan fingerprint density at radius 1 is 1.06 bits per heavy atom. The van der Waals surface area contributed by atoms with E-state index in [1.807, 2.05) is 17.8 Å². The Hall–Kier alpha value is -4.86. The highest BCUT2D eigenvalue weighted by Gasteiger charge is 2.29. The highest BCUT2D eigenvalue weighted by Crippen LogP contribution is 2.35. The van der Waals surface area contributed by atoms with Crippen LogP contribution in [0.1, 0.15) is 50.6 Å². The topological polar surface area (TPSA) is 163 Å². The number of hydrogen-bond donors (Lipinski definition) is 1. The van der Waals surface area contributed by atoms with Crippen LogP contribution in [0.4, 0.5) is 24.8 Å². The van der Waals surface area contributed by atoms with E-state index >= 15 is 0 Å². The maximum absolute atomic E-state index is 12.5. The lowest BCUT2D eigenvalue weighted by atomic mass is 9.90. The summed E-state index contributed by atoms with van der Waals surface area (Å²) in [6.45, 7) is 4.42. The number of rotatable bonds is 15. The van der Waals surface area contributed by atoms with Crippen LogP contribution < -0.4 is 14.8 Å². The molecule has 4 heterocycles. The van der Waals surface area contributed by atoms with Crippen LogP contribution in [0, 0.1) is 11.3 Å². The zero-order valence-electron chi connectivity index (χ0n) is 28.2. The lowest BCUT2D eigenvalue weighted by Gasteiger charge is -2.38. The third-order valence-corrected chi connectivity index (χ3v) is 8.74. The number of nitrogens with one attached hydrogen (secondary N) is 1. The molecule has 1 unspecified atom stereocenters. The van der Waals surface area contributed by atoms with Crippen LogP contribution >= 0.6 is 0 Å². The van der Waals surface area contributed by atoms with Crippen LogP contribution in [0.25, 0.3) is 11.1 Å². The van der Waals surface area contributed by atoms with Crippen molar-refractivity contribution in [3.8, 4) is 28.8 Å². The molecule has 15 nitrogen and oxygen atoms in total. The van der Waals surface area contributed by atoms with Crippen molar-refractivity contribution in [3.63, 3.8) is 0 Å². The molecule has 1 saturated carbocycles. The van der Waals surface area contributed by atoms with E-state index in [4.69, 9.17) is 24.0 Å². The van der Waals surface area contributed by atoms with Crippen LogP contribution in [0.3, 0.4) is 0 Å². The van der Waals surface area contributed by atoms with Gasteiger partial charge in [0, 0.05) is 43.5 Å². The van der Waals surface area contributed by atoms with Crippen molar-refractivity contribution >= 4 is 11.6 Å². The molecule has 0 bridgehead atoms. The van der Waals surface area contributed by atoms with Gasteiger partial charge in [0.15, 0.2) is 0 Å². The molecule has 3 aromatic heterocycles. The molecule has 6 rings (SSSR count). The summed E-state index contributed by atoms with van der Waals surface area (Å²) in [7, 11) is 0. The zero-order valence-corrected chi connectivity index (χ0v) is 28.2. The summed E-state index contributed by atoms with van der Waals surface area (Å²) in [5.74, 6) is 1.01. The Morgan fingerprint density at radius 2 is 1.82 bits per heavy atom. The van der Waals surface area contributed by atoms with Gasteiger partial charge >= 0.3 is 6.18 Å². The van der Waals surface area contributed by atoms with Gasteiger partial charge in [-0.15, -0.1) is 10.2 Å². The van der Waals surface area contributed by atoms with E-state index in [1.165, 1.54) is 6.33 Å². The van der Waals surface area contributed by atoms with Gasteiger partial charge in [-0.05, 0) is 60.7 Å². The Bertz CT molecular complexity index is 1720. The number of morpholine rings is 1. The third-order valence-electron chi connectivity index (χ3n) is 8.74. The van der Waals surface area contributed by atoms with Crippen molar-refractivity contribution in [1.82, 2.24) is 44.9 Å². The van der Waals surface area contributed by atoms with Crippen molar-refractivity contribution in [3.05, 3.63) is 48.7 Å². The quantitative estimate of drug-likeness (QED) is 0.171. The molecule has 4 aromatic rings. The summed E-state index contributed by atoms with van der Waals surface area (Å²) in [5, 5.41) is 28.7. The molecule has 0 radical (unpaired) electrons. The highest BCUT2D eigenvalue weighted by atomic mass is 19.4. The van der Waals surface area contributed by atoms with E-state index in [-0.39, 0.29) is 31.8 Å². The molecule has 272 valence electrons. The fraction of sp³-hybridized carbons (Fsp3) is 0.545. The standard InChI is InChI=1S/C33H40F3N11O4/c1-23(19-46-22-40-43-44-46)51-30-15-24(3-4-25(30)16-37)26-17-38-32(39-18-26)41-29-20-47(42-31(29)50-12-2-11-49-21-33(34,35)36)28-7-5-27(6-8-28)45-9-13-48-14-10-45/h3-4,15,17-18,20,22-23,27-28H,2,5-14,19,21H2,1H3,(H,38,39,41). The van der Waals surface area contributed by atoms with Crippen molar-refractivity contribution in [1.29, 1.82) is 5.26 Å². The number of nitrogens with zero attached hydrogens (tertiary/aromatic N) is 10. The lowest BCUT2D eigenvalue weighted by Crippen LogP contribution is -2.45. The van der Waals surface area contributed by atoms with E-state index in [1.54, 1.807) is 35.3 Å². The first-order valence-corrected chi connectivity index (χ1v) is 16.9. The number of tetrazole rings is 1. The average molecular weight is 712 g/mol. The number of alkyl halides is 3. The van der Waals surface area contributed by atoms with Crippen LogP contribution in [-0.2, 0) is 16.0 Å². The summed E-state index contributed by atoms with van der Waals surface area (Å²) in [6, 6.07) is 8.10. The second-order valence-corrected chi connectivity index (χ2v) is 12.5. The van der Waals surface area contributed by atoms with Crippen LogP contribution in [0.5, 0.6) is 11.6 Å². The van der Waals surface area contributed by atoms with Gasteiger partial charge in [-0.3, -0.25) is 9.58 Å². The minimum atomic E-state index is -4.38. The molecular formula is C33H40F3N11O4. The van der Waals surface area contributed by atoms with E-state index in [0.29, 0.717) is 47.0 Å². The number of anilines is 2. The van der Waals surface area contributed by atoms with Gasteiger partial charge in [0.2, 0.25) is 5.95 Å². The molecule has 2 aliphatic rings. The van der Waals surface area contributed by atoms with Crippen LogP contribution in [0.15, 0.2) is 43.1 Å². The average Bonchev–Trinajstić information content (AvgIpc) is 3.80. The molecule has 1 N–H and O–H groups in total. The Labute approximate surface area is 292 Å². The fourth-order valence-corrected chi connectivity index (χ4v) is 6.24. The highest BCUT2D eigenvalue weighted by molar-refractivity contribution is 5.67. The van der Waals surface area contributed by atoms with Gasteiger partial charge in [-0.2, -0.15) is 18.4 Å². The molecule has 18 heteroatoms. The first-order valence-electron chi connectivity index (χ1n) is 16.9. The Morgan fingerprint density at radius 3 is 2.53 bits per heavy atom. The van der Waals surface area contributed by atoms with E-state index in [0.717, 1.165) is 57.6 Å². The molecule has 1 saturated heterocycles. The van der Waals surface area contributed by atoms with Crippen molar-refractivity contribution < 1.29 is 32.1 Å². The normalized spacial score (nSPS) is 19.0. The number of hydrogen-bond acceptors (Lipinski definition) is 13. The minimum Gasteiger partial charge on any atom is -0.487 e. The molecular weight excluding hydrogens is 671 g/mol. The van der Waals surface area contributed by atoms with Crippen LogP contribution in [-0.4, -0.2) is 109 Å². The summed E-state index contributed by atoms with van der Waals surface area (Å²) in [5.41, 5.74) is 2.38. The molecule has 2 fully saturated rings. The maximum atomic E-state index is 12.5. The summed E-state index contributed by atoms with van der Waals surface area (Å²) in [6.07, 6.45) is 6.22. The van der Waals surface area contributed by atoms with Gasteiger partial charge < -0.3 is 24.3 Å². The van der Waals surface area contributed by atoms with Gasteiger partial charge in [-0.25, -0.2) is 14.6 Å². The fourth-order valence-electron chi connectivity index (χ4n) is 6.24. The van der Waals surface area contributed by atoms with Gasteiger partial charge in [0.05, 0.1) is 50.8 Å². The first-order chi connectivity index (χ1) is 24.7. The van der Waals surface area contributed by atoms with Crippen molar-refractivity contribution in [2.75, 3.05) is 51.4 Å². The van der Waals surface area contributed by atoms with Gasteiger partial charge in [0.1, 0.15) is 36.5 Å². The number of ether oxygens (including phenoxy) is 4. The van der Waals surface area contributed by atoms with E-state index < -0.39 is 12.8 Å². The molecule has 1 atom stereocenters. The van der Waals surface area contributed by atoms with Gasteiger partial charge in [0.25, 0.3) is 5.88 Å². The van der Waals surface area contributed by atoms with Crippen LogP contribution in [0.2, 0.25) is 0 Å². The maximum Gasteiger partial charge on any atom is 0.411 e. The predicted octanol–water partition coefficient (Wildman–Crippen LogP) is 4.57. The van der Waals surface area contributed by atoms with Crippen molar-refractivity contribution in [2.24, 2.45) is 0 Å².